The van der Waals surface area contributed by atoms with Crippen molar-refractivity contribution in [3.8, 4) is 11.1 Å². The number of hydrogen-bond donors (Lipinski definition) is 0. The molecule has 7 heteroatoms. The van der Waals surface area contributed by atoms with E-state index >= 15 is 0 Å². The number of carbonyl (C=O) groups excluding carboxylic acids is 2. The predicted octanol–water partition coefficient (Wildman–Crippen LogP) is 3.17. The van der Waals surface area contributed by atoms with Gasteiger partial charge in [-0.25, -0.2) is 0 Å². The Bertz CT molecular complexity index is 1070. The number of pyridine rings is 1. The summed E-state index contributed by atoms with van der Waals surface area (Å²) in [4.78, 5) is 31.4. The second-order valence-corrected chi connectivity index (χ2v) is 10.7. The van der Waals surface area contributed by atoms with Crippen LogP contribution >= 0.6 is 0 Å². The van der Waals surface area contributed by atoms with Gasteiger partial charge in [0, 0.05) is 36.9 Å². The van der Waals surface area contributed by atoms with Crippen LogP contribution in [0.25, 0.3) is 11.1 Å². The molecule has 6 nitrogen and oxygen atoms in total. The third kappa shape index (κ3) is 4.13. The first-order valence-electron chi connectivity index (χ1n) is 11.9. The molecule has 1 aromatic heterocycles. The van der Waals surface area contributed by atoms with Gasteiger partial charge in [-0.3, -0.25) is 14.6 Å². The molecule has 5 rings (SSSR count). The Morgan fingerprint density at radius 3 is 2.33 bits per heavy atom. The van der Waals surface area contributed by atoms with Gasteiger partial charge >= 0.3 is 7.12 Å². The van der Waals surface area contributed by atoms with Crippen LogP contribution in [0.15, 0.2) is 42.7 Å². The maximum Gasteiger partial charge on any atom is 0.496 e. The molecule has 2 unspecified atom stereocenters. The lowest BCUT2D eigenvalue weighted by atomic mass is 9.79. The van der Waals surface area contributed by atoms with E-state index in [1.54, 1.807) is 17.3 Å². The van der Waals surface area contributed by atoms with E-state index in [0.29, 0.717) is 5.92 Å². The van der Waals surface area contributed by atoms with E-state index in [4.69, 9.17) is 9.31 Å². The van der Waals surface area contributed by atoms with Crippen LogP contribution in [0.2, 0.25) is 0 Å². The summed E-state index contributed by atoms with van der Waals surface area (Å²) in [7, 11) is -0.466. The second kappa shape index (κ2) is 8.06. The number of likely N-dealkylation sites (tertiary alicyclic amines) is 1. The van der Waals surface area contributed by atoms with E-state index in [0.717, 1.165) is 41.5 Å². The predicted molar refractivity (Wildman–Crippen MR) is 127 cm³/mol. The number of Topliss-reactive ketones (excluding diaryl/α,β-unsaturated/α-hetero) is 1. The van der Waals surface area contributed by atoms with Gasteiger partial charge in [-0.05, 0) is 69.6 Å². The second-order valence-electron chi connectivity index (χ2n) is 10.7. The first-order valence-corrected chi connectivity index (χ1v) is 11.9. The summed E-state index contributed by atoms with van der Waals surface area (Å²) in [6, 6.07) is 10.1. The molecule has 33 heavy (non-hydrogen) atoms. The first kappa shape index (κ1) is 22.3. The fourth-order valence-corrected chi connectivity index (χ4v) is 5.13. The van der Waals surface area contributed by atoms with Crippen LogP contribution in [0, 0.1) is 5.92 Å². The van der Waals surface area contributed by atoms with Crippen molar-refractivity contribution in [3.63, 3.8) is 0 Å². The van der Waals surface area contributed by atoms with E-state index < -0.39 is 18.3 Å². The molecule has 1 saturated carbocycles. The average molecular weight is 446 g/mol. The lowest BCUT2D eigenvalue weighted by Gasteiger charge is -2.32. The zero-order chi connectivity index (χ0) is 23.4. The molecule has 2 bridgehead atoms. The molecular formula is C26H31BN2O4. The third-order valence-corrected chi connectivity index (χ3v) is 7.85. The number of aromatic nitrogens is 1. The molecule has 0 spiro atoms. The van der Waals surface area contributed by atoms with Crippen LogP contribution in [0.1, 0.15) is 52.5 Å². The number of piperidine rings is 1. The summed E-state index contributed by atoms with van der Waals surface area (Å²) >= 11 is 0. The molecule has 2 aliphatic heterocycles. The Kier molecular flexibility index (Phi) is 5.45. The molecule has 1 amide bonds. The van der Waals surface area contributed by atoms with Crippen molar-refractivity contribution in [3.05, 3.63) is 48.3 Å². The third-order valence-electron chi connectivity index (χ3n) is 7.85. The summed E-state index contributed by atoms with van der Waals surface area (Å²) in [5.41, 5.74) is 2.83. The number of amides is 1. The average Bonchev–Trinajstić information content (AvgIpc) is 3.47. The summed E-state index contributed by atoms with van der Waals surface area (Å²) < 4.78 is 12.3. The zero-order valence-corrected chi connectivity index (χ0v) is 19.8. The number of benzene rings is 1. The highest BCUT2D eigenvalue weighted by atomic mass is 16.7. The van der Waals surface area contributed by atoms with Crippen molar-refractivity contribution in [1.29, 1.82) is 0 Å². The van der Waals surface area contributed by atoms with Gasteiger partial charge in [0.2, 0.25) is 5.78 Å². The number of carbonyl (C=O) groups is 2. The monoisotopic (exact) mass is 446 g/mol. The molecule has 2 atom stereocenters. The Morgan fingerprint density at radius 1 is 1.03 bits per heavy atom. The van der Waals surface area contributed by atoms with Gasteiger partial charge in [0.15, 0.2) is 0 Å². The van der Waals surface area contributed by atoms with Crippen molar-refractivity contribution in [2.24, 2.45) is 5.92 Å². The summed E-state index contributed by atoms with van der Waals surface area (Å²) in [5, 5.41) is 0. The molecule has 1 aromatic carbocycles. The highest BCUT2D eigenvalue weighted by Crippen LogP contribution is 2.38. The van der Waals surface area contributed by atoms with Gasteiger partial charge in [-0.1, -0.05) is 30.3 Å². The molecule has 0 radical (unpaired) electrons. The largest absolute Gasteiger partial charge is 0.496 e. The van der Waals surface area contributed by atoms with Gasteiger partial charge in [0.1, 0.15) is 0 Å². The van der Waals surface area contributed by atoms with E-state index in [1.807, 2.05) is 58.0 Å². The minimum Gasteiger partial charge on any atom is -0.399 e. The fraction of sp³-hybridized carbons (Fsp3) is 0.500. The number of hydrogen-bond acceptors (Lipinski definition) is 5. The number of ketones is 1. The summed E-state index contributed by atoms with van der Waals surface area (Å²) in [6.07, 6.45) is 7.01. The number of rotatable bonds is 5. The van der Waals surface area contributed by atoms with Crippen LogP contribution in [-0.2, 0) is 25.3 Å². The van der Waals surface area contributed by atoms with Gasteiger partial charge in [-0.15, -0.1) is 0 Å². The van der Waals surface area contributed by atoms with Crippen LogP contribution in [0.3, 0.4) is 0 Å². The van der Waals surface area contributed by atoms with E-state index in [9.17, 15) is 9.59 Å². The zero-order valence-electron chi connectivity index (χ0n) is 19.8. The Hall–Kier alpha value is -2.51. The molecule has 172 valence electrons. The molecule has 2 aromatic rings. The number of nitrogens with zero attached hydrogens (tertiary/aromatic N) is 2. The van der Waals surface area contributed by atoms with Gasteiger partial charge in [0.05, 0.1) is 11.2 Å². The van der Waals surface area contributed by atoms with Crippen molar-refractivity contribution in [2.75, 3.05) is 6.54 Å². The van der Waals surface area contributed by atoms with Gasteiger partial charge < -0.3 is 14.2 Å². The SMILES string of the molecule is CC1(C)OB(c2cncc(-c3ccc(CC(=O)C(=O)N4CC5CCC4C5)cc3)c2)OC1(C)C. The maximum absolute atomic E-state index is 12.6. The van der Waals surface area contributed by atoms with Crippen LogP contribution in [0.5, 0.6) is 0 Å². The van der Waals surface area contributed by atoms with Crippen LogP contribution in [-0.4, -0.2) is 52.5 Å². The van der Waals surface area contributed by atoms with Crippen molar-refractivity contribution in [2.45, 2.75) is 70.6 Å². The lowest BCUT2D eigenvalue weighted by molar-refractivity contribution is -0.145. The first-order chi connectivity index (χ1) is 15.6. The Balaban J connectivity index is 1.26. The molecular weight excluding hydrogens is 415 g/mol. The topological polar surface area (TPSA) is 68.7 Å². The standard InChI is InChI=1S/C26H31BN2O4/c1-25(2)26(3,4)33-27(32-25)21-13-20(14-28-15-21)19-8-5-17(6-9-19)12-23(30)24(31)29-16-18-7-10-22(29)11-18/h5-6,8-9,13-15,18,22H,7,10-12,16H2,1-4H3. The smallest absolute Gasteiger partial charge is 0.399 e. The minimum absolute atomic E-state index is 0.138. The molecule has 1 aliphatic carbocycles. The highest BCUT2D eigenvalue weighted by molar-refractivity contribution is 6.62. The Morgan fingerprint density at radius 2 is 1.73 bits per heavy atom. The van der Waals surface area contributed by atoms with Gasteiger partial charge in [-0.2, -0.15) is 0 Å². The number of fused-ring (bicyclic) bond motifs is 2. The van der Waals surface area contributed by atoms with Crippen molar-refractivity contribution < 1.29 is 18.9 Å². The lowest BCUT2D eigenvalue weighted by Crippen LogP contribution is -2.42. The molecule has 3 heterocycles. The summed E-state index contributed by atoms with van der Waals surface area (Å²) in [5.74, 6) is -0.0436. The minimum atomic E-state index is -0.466. The Labute approximate surface area is 195 Å². The molecule has 2 saturated heterocycles. The summed E-state index contributed by atoms with van der Waals surface area (Å²) in [6.45, 7) is 8.87. The van der Waals surface area contributed by atoms with Crippen molar-refractivity contribution >= 4 is 24.3 Å². The van der Waals surface area contributed by atoms with Gasteiger partial charge in [0.25, 0.3) is 5.91 Å². The maximum atomic E-state index is 12.6. The molecule has 3 aliphatic rings. The fourth-order valence-electron chi connectivity index (χ4n) is 5.13. The normalized spacial score (nSPS) is 25.0. The van der Waals surface area contributed by atoms with Crippen LogP contribution < -0.4 is 5.46 Å². The molecule has 3 fully saturated rings. The van der Waals surface area contributed by atoms with E-state index in [2.05, 4.69) is 4.98 Å². The van der Waals surface area contributed by atoms with E-state index in [-0.39, 0.29) is 24.2 Å². The van der Waals surface area contributed by atoms with Crippen molar-refractivity contribution in [1.82, 2.24) is 9.88 Å². The quantitative estimate of drug-likeness (QED) is 0.522. The van der Waals surface area contributed by atoms with E-state index in [1.165, 1.54) is 6.42 Å². The van der Waals surface area contributed by atoms with Crippen LogP contribution in [0.4, 0.5) is 0 Å². The highest BCUT2D eigenvalue weighted by Gasteiger charge is 2.51. The molecule has 0 N–H and O–H groups in total.